The van der Waals surface area contributed by atoms with E-state index in [4.69, 9.17) is 9.84 Å². The van der Waals surface area contributed by atoms with E-state index >= 15 is 0 Å². The Balaban J connectivity index is 1.99. The highest BCUT2D eigenvalue weighted by atomic mass is 16.5. The first-order valence-electron chi connectivity index (χ1n) is 14.2. The first kappa shape index (κ1) is 33.4. The molecular formula is C29H48N2O7. The summed E-state index contributed by atoms with van der Waals surface area (Å²) < 4.78 is 5.64. The van der Waals surface area contributed by atoms with Crippen LogP contribution < -0.4 is 15.4 Å². The molecule has 0 aromatic heterocycles. The lowest BCUT2D eigenvalue weighted by Crippen LogP contribution is -2.44. The number of aromatic carboxylic acids is 1. The molecule has 0 aliphatic carbocycles. The maximum atomic E-state index is 12.2. The first-order chi connectivity index (χ1) is 18.3. The van der Waals surface area contributed by atoms with Crippen LogP contribution in [0.4, 0.5) is 0 Å². The third-order valence-electron chi connectivity index (χ3n) is 6.41. The van der Waals surface area contributed by atoms with Gasteiger partial charge in [-0.2, -0.15) is 0 Å². The third-order valence-corrected chi connectivity index (χ3v) is 6.41. The number of rotatable bonds is 23. The molecule has 2 amide bonds. The molecule has 0 aliphatic heterocycles. The maximum absolute atomic E-state index is 12.2. The van der Waals surface area contributed by atoms with Gasteiger partial charge in [0.25, 0.3) is 0 Å². The van der Waals surface area contributed by atoms with Crippen LogP contribution in [0.1, 0.15) is 114 Å². The molecule has 0 heterocycles. The summed E-state index contributed by atoms with van der Waals surface area (Å²) in [5.41, 5.74) is 0.251. The summed E-state index contributed by atoms with van der Waals surface area (Å²) in [6.45, 7) is 3.33. The van der Waals surface area contributed by atoms with E-state index in [-0.39, 0.29) is 30.2 Å². The Kier molecular flexibility index (Phi) is 18.7. The van der Waals surface area contributed by atoms with Crippen LogP contribution in [0, 0.1) is 0 Å². The lowest BCUT2D eigenvalue weighted by atomic mass is 10.1. The van der Waals surface area contributed by atoms with Crippen LogP contribution in [0.5, 0.6) is 5.75 Å². The van der Waals surface area contributed by atoms with Crippen molar-refractivity contribution >= 4 is 17.8 Å². The average Bonchev–Trinajstić information content (AvgIpc) is 2.89. The van der Waals surface area contributed by atoms with Crippen molar-refractivity contribution in [1.82, 2.24) is 10.6 Å². The van der Waals surface area contributed by atoms with E-state index in [0.717, 1.165) is 77.0 Å². The number of hydrogen-bond donors (Lipinski definition) is 5. The summed E-state index contributed by atoms with van der Waals surface area (Å²) in [5, 5.41) is 33.4. The minimum Gasteiger partial charge on any atom is -0.494 e. The Morgan fingerprint density at radius 3 is 1.97 bits per heavy atom. The van der Waals surface area contributed by atoms with Crippen molar-refractivity contribution in [3.05, 3.63) is 29.8 Å². The van der Waals surface area contributed by atoms with Gasteiger partial charge < -0.3 is 30.7 Å². The molecule has 0 saturated carbocycles. The Morgan fingerprint density at radius 1 is 0.789 bits per heavy atom. The number of amides is 2. The molecule has 0 aliphatic rings. The Labute approximate surface area is 227 Å². The number of aliphatic hydroxyl groups excluding tert-OH is 1. The number of carboxylic acid groups (broad SMARTS) is 1. The minimum atomic E-state index is -1.69. The molecule has 9 heteroatoms. The quantitative estimate of drug-likeness (QED) is 0.102. The van der Waals surface area contributed by atoms with Crippen LogP contribution in [0.2, 0.25) is 0 Å². The molecule has 1 aromatic carbocycles. The normalized spacial score (nSPS) is 11.8. The zero-order valence-corrected chi connectivity index (χ0v) is 23.0. The van der Waals surface area contributed by atoms with E-state index in [9.17, 15) is 24.6 Å². The van der Waals surface area contributed by atoms with E-state index < -0.39 is 18.3 Å². The van der Waals surface area contributed by atoms with Gasteiger partial charge in [0, 0.05) is 19.4 Å². The number of aliphatic hydroxyl groups is 2. The largest absolute Gasteiger partial charge is 0.494 e. The van der Waals surface area contributed by atoms with Crippen LogP contribution in [0.3, 0.4) is 0 Å². The van der Waals surface area contributed by atoms with E-state index in [1.807, 2.05) is 0 Å². The lowest BCUT2D eigenvalue weighted by molar-refractivity contribution is -0.129. The van der Waals surface area contributed by atoms with Gasteiger partial charge in [-0.05, 0) is 49.9 Å². The summed E-state index contributed by atoms with van der Waals surface area (Å²) in [7, 11) is 0. The molecule has 0 spiro atoms. The van der Waals surface area contributed by atoms with Crippen molar-refractivity contribution in [2.24, 2.45) is 0 Å². The molecule has 0 saturated heterocycles. The van der Waals surface area contributed by atoms with Gasteiger partial charge in [0.05, 0.1) is 18.2 Å². The monoisotopic (exact) mass is 536 g/mol. The number of benzene rings is 1. The molecular weight excluding hydrogens is 488 g/mol. The topological polar surface area (TPSA) is 145 Å². The van der Waals surface area contributed by atoms with Crippen LogP contribution >= 0.6 is 0 Å². The number of carboxylic acids is 1. The molecule has 216 valence electrons. The average molecular weight is 537 g/mol. The predicted molar refractivity (Wildman–Crippen MR) is 147 cm³/mol. The molecule has 1 rings (SSSR count). The van der Waals surface area contributed by atoms with Crippen LogP contribution in [0.25, 0.3) is 0 Å². The van der Waals surface area contributed by atoms with Gasteiger partial charge in [0.2, 0.25) is 11.8 Å². The van der Waals surface area contributed by atoms with E-state index in [1.165, 1.54) is 0 Å². The minimum absolute atomic E-state index is 0.140. The second-order valence-corrected chi connectivity index (χ2v) is 9.79. The fourth-order valence-electron chi connectivity index (χ4n) is 4.06. The van der Waals surface area contributed by atoms with Gasteiger partial charge in [0.15, 0.2) is 6.29 Å². The van der Waals surface area contributed by atoms with E-state index in [0.29, 0.717) is 25.3 Å². The molecule has 0 radical (unpaired) electrons. The number of ether oxygens (including phenoxy) is 1. The second-order valence-electron chi connectivity index (χ2n) is 9.79. The maximum Gasteiger partial charge on any atom is 0.335 e. The summed E-state index contributed by atoms with van der Waals surface area (Å²) in [6.07, 6.45) is 11.4. The van der Waals surface area contributed by atoms with Crippen molar-refractivity contribution in [3.63, 3.8) is 0 Å². The van der Waals surface area contributed by atoms with Crippen LogP contribution in [-0.2, 0) is 9.59 Å². The van der Waals surface area contributed by atoms with Crippen molar-refractivity contribution in [1.29, 1.82) is 0 Å². The van der Waals surface area contributed by atoms with Gasteiger partial charge >= 0.3 is 5.97 Å². The fraction of sp³-hybridized carbons (Fsp3) is 0.690. The van der Waals surface area contributed by atoms with Gasteiger partial charge in [-0.25, -0.2) is 4.79 Å². The van der Waals surface area contributed by atoms with Crippen molar-refractivity contribution in [2.75, 3.05) is 13.2 Å². The number of nitrogens with one attached hydrogen (secondary N) is 2. The highest BCUT2D eigenvalue weighted by Gasteiger charge is 2.20. The SMILES string of the molecule is CCCCCNC(=O)CCC(NC(=O)CCCCCCCCCCCOc1ccc(C(=O)O)cc1)C(O)O. The van der Waals surface area contributed by atoms with Crippen molar-refractivity contribution in [3.8, 4) is 5.75 Å². The van der Waals surface area contributed by atoms with Gasteiger partial charge in [0.1, 0.15) is 5.75 Å². The van der Waals surface area contributed by atoms with Gasteiger partial charge in [-0.15, -0.1) is 0 Å². The number of hydrogen-bond acceptors (Lipinski definition) is 6. The third kappa shape index (κ3) is 17.0. The predicted octanol–water partition coefficient (Wildman–Crippen LogP) is 4.55. The highest BCUT2D eigenvalue weighted by molar-refractivity contribution is 5.87. The molecule has 0 fully saturated rings. The summed E-state index contributed by atoms with van der Waals surface area (Å²) >= 11 is 0. The molecule has 5 N–H and O–H groups in total. The fourth-order valence-corrected chi connectivity index (χ4v) is 4.06. The number of carbonyl (C=O) groups excluding carboxylic acids is 2. The van der Waals surface area contributed by atoms with Crippen LogP contribution in [0.15, 0.2) is 24.3 Å². The number of unbranched alkanes of at least 4 members (excludes halogenated alkanes) is 10. The smallest absolute Gasteiger partial charge is 0.335 e. The van der Waals surface area contributed by atoms with E-state index in [2.05, 4.69) is 17.6 Å². The highest BCUT2D eigenvalue weighted by Crippen LogP contribution is 2.14. The molecule has 1 unspecified atom stereocenters. The Bertz CT molecular complexity index is 784. The molecule has 38 heavy (non-hydrogen) atoms. The molecule has 1 aromatic rings. The molecule has 9 nitrogen and oxygen atoms in total. The second kappa shape index (κ2) is 21.3. The van der Waals surface area contributed by atoms with Crippen molar-refractivity contribution < 1.29 is 34.4 Å². The Hall–Kier alpha value is -2.65. The van der Waals surface area contributed by atoms with Gasteiger partial charge in [-0.3, -0.25) is 9.59 Å². The lowest BCUT2D eigenvalue weighted by Gasteiger charge is -2.20. The molecule has 0 bridgehead atoms. The first-order valence-corrected chi connectivity index (χ1v) is 14.2. The Morgan fingerprint density at radius 2 is 1.39 bits per heavy atom. The molecule has 1 atom stereocenters. The van der Waals surface area contributed by atoms with Crippen LogP contribution in [-0.4, -0.2) is 58.6 Å². The van der Waals surface area contributed by atoms with Gasteiger partial charge in [-0.1, -0.05) is 64.7 Å². The summed E-state index contributed by atoms with van der Waals surface area (Å²) in [4.78, 5) is 34.9. The van der Waals surface area contributed by atoms with E-state index in [1.54, 1.807) is 24.3 Å². The zero-order valence-electron chi connectivity index (χ0n) is 23.0. The number of carbonyl (C=O) groups is 3. The van der Waals surface area contributed by atoms with Crippen molar-refractivity contribution in [2.45, 2.75) is 116 Å². The standard InChI is InChI=1S/C29H48N2O7/c1-2-3-12-21-30-26(32)20-19-25(29(36)37)31-27(33)14-11-9-7-5-4-6-8-10-13-22-38-24-17-15-23(16-18-24)28(34)35/h15-18,25,29,36-37H,2-14,19-22H2,1H3,(H,30,32)(H,31,33)(H,34,35). The zero-order chi connectivity index (χ0) is 28.0. The summed E-state index contributed by atoms with van der Waals surface area (Å²) in [5.74, 6) is -0.612. The summed E-state index contributed by atoms with van der Waals surface area (Å²) in [6, 6.07) is 5.60.